The Balaban J connectivity index is 1.89. The molecule has 2 aromatic carbocycles. The summed E-state index contributed by atoms with van der Waals surface area (Å²) in [4.78, 5) is 27.2. The van der Waals surface area contributed by atoms with Crippen molar-refractivity contribution >= 4 is 5.82 Å². The molecule has 0 spiro atoms. The Morgan fingerprint density at radius 2 is 1.63 bits per heavy atom. The summed E-state index contributed by atoms with van der Waals surface area (Å²) < 4.78 is 38.7. The second-order valence-electron chi connectivity index (χ2n) is 5.98. The average molecular weight is 375 g/mol. The number of alkyl halides is 3. The Labute approximate surface area is 152 Å². The summed E-state index contributed by atoms with van der Waals surface area (Å²) in [6.45, 7) is 1.87. The van der Waals surface area contributed by atoms with Gasteiger partial charge in [0.2, 0.25) is 0 Å². The maximum Gasteiger partial charge on any atom is 0.416 e. The number of nitrogens with one attached hydrogen (secondary N) is 2. The van der Waals surface area contributed by atoms with E-state index >= 15 is 0 Å². The van der Waals surface area contributed by atoms with Gasteiger partial charge in [0.05, 0.1) is 11.3 Å². The van der Waals surface area contributed by atoms with E-state index in [1.807, 2.05) is 37.3 Å². The Bertz CT molecular complexity index is 1010. The average Bonchev–Trinajstić information content (AvgIpc) is 2.61. The number of anilines is 1. The fourth-order valence-corrected chi connectivity index (χ4v) is 2.68. The number of aromatic nitrogens is 2. The van der Waals surface area contributed by atoms with Crippen molar-refractivity contribution in [1.82, 2.24) is 9.55 Å². The van der Waals surface area contributed by atoms with Crippen molar-refractivity contribution in [3.05, 3.63) is 92.6 Å². The predicted octanol–water partition coefficient (Wildman–Crippen LogP) is 3.72. The normalized spacial score (nSPS) is 12.6. The molecule has 2 N–H and O–H groups in total. The van der Waals surface area contributed by atoms with E-state index in [1.54, 1.807) is 0 Å². The molecule has 0 fully saturated rings. The van der Waals surface area contributed by atoms with Gasteiger partial charge < -0.3 is 5.32 Å². The summed E-state index contributed by atoms with van der Waals surface area (Å²) in [5.74, 6) is 0.226. The lowest BCUT2D eigenvalue weighted by Crippen LogP contribution is -2.34. The second kappa shape index (κ2) is 7.14. The molecule has 140 valence electrons. The van der Waals surface area contributed by atoms with Crippen LogP contribution in [0.5, 0.6) is 0 Å². The molecule has 0 amide bonds. The van der Waals surface area contributed by atoms with Crippen molar-refractivity contribution in [3.63, 3.8) is 0 Å². The fourth-order valence-electron chi connectivity index (χ4n) is 2.68. The Hall–Kier alpha value is -3.29. The molecule has 0 bridgehead atoms. The first kappa shape index (κ1) is 18.5. The lowest BCUT2D eigenvalue weighted by molar-refractivity contribution is -0.137. The number of hydrogen-bond donors (Lipinski definition) is 2. The van der Waals surface area contributed by atoms with E-state index in [9.17, 15) is 22.8 Å². The fraction of sp³-hybridized carbons (Fsp3) is 0.158. The van der Waals surface area contributed by atoms with Gasteiger partial charge in [-0.2, -0.15) is 13.2 Å². The quantitative estimate of drug-likeness (QED) is 0.730. The smallest absolute Gasteiger partial charge is 0.365 e. The van der Waals surface area contributed by atoms with Crippen molar-refractivity contribution in [2.45, 2.75) is 19.1 Å². The highest BCUT2D eigenvalue weighted by molar-refractivity contribution is 5.40. The molecule has 5 nitrogen and oxygen atoms in total. The van der Waals surface area contributed by atoms with Gasteiger partial charge in [-0.3, -0.25) is 9.78 Å². The van der Waals surface area contributed by atoms with Crippen LogP contribution in [0.1, 0.15) is 24.1 Å². The lowest BCUT2D eigenvalue weighted by Gasteiger charge is -2.16. The van der Waals surface area contributed by atoms with Gasteiger partial charge in [0.15, 0.2) is 0 Å². The molecular weight excluding hydrogens is 359 g/mol. The second-order valence-corrected chi connectivity index (χ2v) is 5.98. The number of hydrogen-bond acceptors (Lipinski definition) is 3. The SMILES string of the molecule is C[C@H](Nc1cc(=O)n(-c2ccc(C(F)(F)F)cc2)c(=O)[nH]1)c1ccccc1. The standard InChI is InChI=1S/C19H16F3N3O2/c1-12(13-5-3-2-4-6-13)23-16-11-17(26)25(18(27)24-16)15-9-7-14(8-10-15)19(20,21)22/h2-12,23H,1H3,(H,24,27)/t12-/m0/s1. The van der Waals surface area contributed by atoms with Crippen LogP contribution in [0.4, 0.5) is 19.0 Å². The minimum atomic E-state index is -4.49. The van der Waals surface area contributed by atoms with Crippen LogP contribution in [0.25, 0.3) is 5.69 Å². The maximum absolute atomic E-state index is 12.7. The van der Waals surface area contributed by atoms with Gasteiger partial charge in [0.25, 0.3) is 5.56 Å². The molecule has 0 radical (unpaired) electrons. The molecule has 3 rings (SSSR count). The first-order valence-electron chi connectivity index (χ1n) is 8.11. The number of benzene rings is 2. The molecule has 0 aliphatic carbocycles. The van der Waals surface area contributed by atoms with Crippen LogP contribution in [0.15, 0.2) is 70.3 Å². The van der Waals surface area contributed by atoms with Crippen molar-refractivity contribution in [2.24, 2.45) is 0 Å². The van der Waals surface area contributed by atoms with Crippen molar-refractivity contribution < 1.29 is 13.2 Å². The minimum Gasteiger partial charge on any atom is -0.365 e. The molecule has 1 aromatic heterocycles. The summed E-state index contributed by atoms with van der Waals surface area (Å²) in [6.07, 6.45) is -4.49. The molecule has 3 aromatic rings. The van der Waals surface area contributed by atoms with Crippen molar-refractivity contribution in [2.75, 3.05) is 5.32 Å². The number of halogens is 3. The highest BCUT2D eigenvalue weighted by Crippen LogP contribution is 2.29. The van der Waals surface area contributed by atoms with Gasteiger partial charge in [-0.05, 0) is 36.8 Å². The molecule has 0 unspecified atom stereocenters. The van der Waals surface area contributed by atoms with E-state index in [0.717, 1.165) is 34.4 Å². The van der Waals surface area contributed by atoms with Crippen LogP contribution in [0.2, 0.25) is 0 Å². The minimum absolute atomic E-state index is 0.0527. The number of aromatic amines is 1. The van der Waals surface area contributed by atoms with E-state index in [0.29, 0.717) is 0 Å². The van der Waals surface area contributed by atoms with E-state index in [2.05, 4.69) is 10.3 Å². The third-order valence-electron chi connectivity index (χ3n) is 4.06. The summed E-state index contributed by atoms with van der Waals surface area (Å²) in [5, 5.41) is 3.03. The van der Waals surface area contributed by atoms with Gasteiger partial charge in [0.1, 0.15) is 5.82 Å². The molecule has 8 heteroatoms. The molecule has 27 heavy (non-hydrogen) atoms. The summed E-state index contributed by atoms with van der Waals surface area (Å²) in [6, 6.07) is 14.3. The molecule has 0 aliphatic rings. The van der Waals surface area contributed by atoms with Gasteiger partial charge in [-0.25, -0.2) is 9.36 Å². The molecule has 0 saturated carbocycles. The van der Waals surface area contributed by atoms with Gasteiger partial charge in [-0.15, -0.1) is 0 Å². The first-order chi connectivity index (χ1) is 12.8. The van der Waals surface area contributed by atoms with Crippen LogP contribution in [-0.4, -0.2) is 9.55 Å². The topological polar surface area (TPSA) is 66.9 Å². The molecule has 1 atom stereocenters. The molecule has 1 heterocycles. The third kappa shape index (κ3) is 4.11. The highest BCUT2D eigenvalue weighted by Gasteiger charge is 2.30. The van der Waals surface area contributed by atoms with Gasteiger partial charge in [-0.1, -0.05) is 30.3 Å². The van der Waals surface area contributed by atoms with E-state index in [4.69, 9.17) is 0 Å². The van der Waals surface area contributed by atoms with Crippen LogP contribution in [0.3, 0.4) is 0 Å². The number of rotatable bonds is 4. The zero-order valence-electron chi connectivity index (χ0n) is 14.2. The lowest BCUT2D eigenvalue weighted by atomic mass is 10.1. The molecular formula is C19H16F3N3O2. The third-order valence-corrected chi connectivity index (χ3v) is 4.06. The van der Waals surface area contributed by atoms with Crippen molar-refractivity contribution in [3.8, 4) is 5.69 Å². The van der Waals surface area contributed by atoms with Crippen LogP contribution >= 0.6 is 0 Å². The van der Waals surface area contributed by atoms with Gasteiger partial charge in [0, 0.05) is 12.1 Å². The summed E-state index contributed by atoms with van der Waals surface area (Å²) >= 11 is 0. The zero-order valence-corrected chi connectivity index (χ0v) is 14.2. The van der Waals surface area contributed by atoms with E-state index in [-0.39, 0.29) is 17.5 Å². The monoisotopic (exact) mass is 375 g/mol. The Morgan fingerprint density at radius 1 is 1.00 bits per heavy atom. The molecule has 0 aliphatic heterocycles. The van der Waals surface area contributed by atoms with Crippen LogP contribution in [-0.2, 0) is 6.18 Å². The van der Waals surface area contributed by atoms with E-state index in [1.165, 1.54) is 6.07 Å². The zero-order chi connectivity index (χ0) is 19.6. The first-order valence-corrected chi connectivity index (χ1v) is 8.11. The molecule has 0 saturated heterocycles. The largest absolute Gasteiger partial charge is 0.416 e. The number of nitrogens with zero attached hydrogens (tertiary/aromatic N) is 1. The Kier molecular flexibility index (Phi) is 4.89. The van der Waals surface area contributed by atoms with Gasteiger partial charge >= 0.3 is 11.9 Å². The summed E-state index contributed by atoms with van der Waals surface area (Å²) in [5.41, 5.74) is -1.24. The predicted molar refractivity (Wildman–Crippen MR) is 96.1 cm³/mol. The maximum atomic E-state index is 12.7. The number of H-pyrrole nitrogens is 1. The van der Waals surface area contributed by atoms with E-state index < -0.39 is 23.0 Å². The Morgan fingerprint density at radius 3 is 2.19 bits per heavy atom. The van der Waals surface area contributed by atoms with Crippen LogP contribution in [0, 0.1) is 0 Å². The van der Waals surface area contributed by atoms with Crippen molar-refractivity contribution in [1.29, 1.82) is 0 Å². The van der Waals surface area contributed by atoms with Crippen LogP contribution < -0.4 is 16.6 Å². The highest BCUT2D eigenvalue weighted by atomic mass is 19.4. The summed E-state index contributed by atoms with van der Waals surface area (Å²) in [7, 11) is 0.